The molecule has 3 aromatic heterocycles. The molecule has 4 heterocycles. The van der Waals surface area contributed by atoms with Gasteiger partial charge in [-0.3, -0.25) is 4.79 Å². The average Bonchev–Trinajstić information content (AvgIpc) is 3.34. The first-order valence-electron chi connectivity index (χ1n) is 8.96. The Morgan fingerprint density at radius 3 is 3.00 bits per heavy atom. The number of rotatable bonds is 5. The summed E-state index contributed by atoms with van der Waals surface area (Å²) >= 11 is 1.51. The molecular weight excluding hydrogens is 346 g/mol. The fourth-order valence-electron chi connectivity index (χ4n) is 3.57. The Labute approximate surface area is 156 Å². The van der Waals surface area contributed by atoms with Gasteiger partial charge in [-0.15, -0.1) is 11.3 Å². The van der Waals surface area contributed by atoms with Crippen LogP contribution in [0.25, 0.3) is 11.0 Å². The zero-order chi connectivity index (χ0) is 18.1. The van der Waals surface area contributed by atoms with Gasteiger partial charge in [0.05, 0.1) is 17.1 Å². The molecule has 1 N–H and O–H groups in total. The van der Waals surface area contributed by atoms with E-state index in [1.54, 1.807) is 6.20 Å². The molecule has 1 fully saturated rings. The van der Waals surface area contributed by atoms with Gasteiger partial charge in [-0.05, 0) is 51.2 Å². The molecule has 1 saturated heterocycles. The summed E-state index contributed by atoms with van der Waals surface area (Å²) in [5.41, 5.74) is 2.04. The summed E-state index contributed by atoms with van der Waals surface area (Å²) in [6.45, 7) is 5.30. The van der Waals surface area contributed by atoms with Crippen LogP contribution < -0.4 is 5.32 Å². The number of aryl methyl sites for hydroxylation is 1. The van der Waals surface area contributed by atoms with E-state index in [1.165, 1.54) is 11.3 Å². The second-order valence-electron chi connectivity index (χ2n) is 6.90. The maximum atomic E-state index is 12.2. The van der Waals surface area contributed by atoms with Gasteiger partial charge in [0.15, 0.2) is 5.65 Å². The lowest BCUT2D eigenvalue weighted by Crippen LogP contribution is -2.27. The standard InChI is InChI=1S/C19H23N5OS/c1-13-5-6-16(26-13)19(25)21-9-11-24-18-15(4-3-8-20-18)17(22-24)14-7-10-23(2)12-14/h3-6,8,14H,7,9-12H2,1-2H3,(H,21,25)/t14-/m0/s1. The van der Waals surface area contributed by atoms with Crippen molar-refractivity contribution in [1.29, 1.82) is 0 Å². The Bertz CT molecular complexity index is 931. The highest BCUT2D eigenvalue weighted by Gasteiger charge is 2.26. The summed E-state index contributed by atoms with van der Waals surface area (Å²) in [6.07, 6.45) is 2.93. The number of hydrogen-bond donors (Lipinski definition) is 1. The summed E-state index contributed by atoms with van der Waals surface area (Å²) in [7, 11) is 2.15. The number of pyridine rings is 1. The molecule has 6 nitrogen and oxygen atoms in total. The normalized spacial score (nSPS) is 17.8. The Morgan fingerprint density at radius 2 is 2.27 bits per heavy atom. The summed E-state index contributed by atoms with van der Waals surface area (Å²) in [5.74, 6) is 0.432. The Morgan fingerprint density at radius 1 is 1.38 bits per heavy atom. The molecule has 136 valence electrons. The summed E-state index contributed by atoms with van der Waals surface area (Å²) in [6, 6.07) is 7.91. The van der Waals surface area contributed by atoms with E-state index >= 15 is 0 Å². The van der Waals surface area contributed by atoms with E-state index in [9.17, 15) is 4.79 Å². The highest BCUT2D eigenvalue weighted by atomic mass is 32.1. The third kappa shape index (κ3) is 3.37. The first-order valence-corrected chi connectivity index (χ1v) is 9.78. The van der Waals surface area contributed by atoms with Crippen molar-refractivity contribution in [2.24, 2.45) is 0 Å². The number of aromatic nitrogens is 3. The molecule has 1 aliphatic rings. The van der Waals surface area contributed by atoms with Crippen LogP contribution in [0.3, 0.4) is 0 Å². The average molecular weight is 369 g/mol. The predicted octanol–water partition coefficient (Wildman–Crippen LogP) is 2.65. The van der Waals surface area contributed by atoms with Crippen LogP contribution in [-0.2, 0) is 6.54 Å². The third-order valence-electron chi connectivity index (χ3n) is 4.89. The summed E-state index contributed by atoms with van der Waals surface area (Å²) < 4.78 is 1.93. The Hall–Kier alpha value is -2.25. The minimum Gasteiger partial charge on any atom is -0.349 e. The van der Waals surface area contributed by atoms with Crippen molar-refractivity contribution in [2.45, 2.75) is 25.8 Å². The Kier molecular flexibility index (Phi) is 4.74. The third-order valence-corrected chi connectivity index (χ3v) is 5.89. The first kappa shape index (κ1) is 17.2. The van der Waals surface area contributed by atoms with Gasteiger partial charge in [0.1, 0.15) is 0 Å². The molecule has 4 rings (SSSR count). The minimum atomic E-state index is -0.0230. The zero-order valence-corrected chi connectivity index (χ0v) is 15.9. The molecule has 26 heavy (non-hydrogen) atoms. The number of nitrogens with one attached hydrogen (secondary N) is 1. The molecule has 0 aliphatic carbocycles. The number of likely N-dealkylation sites (tertiary alicyclic amines) is 1. The van der Waals surface area contributed by atoms with Crippen molar-refractivity contribution in [2.75, 3.05) is 26.7 Å². The van der Waals surface area contributed by atoms with E-state index in [0.29, 0.717) is 19.0 Å². The highest BCUT2D eigenvalue weighted by Crippen LogP contribution is 2.30. The van der Waals surface area contributed by atoms with Gasteiger partial charge in [-0.25, -0.2) is 9.67 Å². The summed E-state index contributed by atoms with van der Waals surface area (Å²) in [4.78, 5) is 21.0. The number of thiophene rings is 1. The highest BCUT2D eigenvalue weighted by molar-refractivity contribution is 7.13. The van der Waals surface area contributed by atoms with Gasteiger partial charge in [-0.2, -0.15) is 5.10 Å². The maximum absolute atomic E-state index is 12.2. The van der Waals surface area contributed by atoms with Gasteiger partial charge >= 0.3 is 0 Å². The van der Waals surface area contributed by atoms with Gasteiger partial charge in [0.25, 0.3) is 5.91 Å². The number of fused-ring (bicyclic) bond motifs is 1. The van der Waals surface area contributed by atoms with E-state index < -0.39 is 0 Å². The molecule has 3 aromatic rings. The Balaban J connectivity index is 1.49. The number of carbonyl (C=O) groups is 1. The molecular formula is C19H23N5OS. The van der Waals surface area contributed by atoms with Crippen molar-refractivity contribution >= 4 is 28.3 Å². The van der Waals surface area contributed by atoms with Crippen LogP contribution in [0.1, 0.15) is 32.6 Å². The van der Waals surface area contributed by atoms with E-state index in [4.69, 9.17) is 5.10 Å². The zero-order valence-electron chi connectivity index (χ0n) is 15.1. The first-order chi connectivity index (χ1) is 12.6. The molecule has 0 radical (unpaired) electrons. The largest absolute Gasteiger partial charge is 0.349 e. The summed E-state index contributed by atoms with van der Waals surface area (Å²) in [5, 5.41) is 8.98. The van der Waals surface area contributed by atoms with Crippen LogP contribution >= 0.6 is 11.3 Å². The van der Waals surface area contributed by atoms with Crippen LogP contribution in [0.15, 0.2) is 30.5 Å². The lowest BCUT2D eigenvalue weighted by molar-refractivity contribution is 0.0956. The van der Waals surface area contributed by atoms with Crippen LogP contribution in [0.5, 0.6) is 0 Å². The number of likely N-dealkylation sites (N-methyl/N-ethyl adjacent to an activating group) is 1. The minimum absolute atomic E-state index is 0.0230. The monoisotopic (exact) mass is 369 g/mol. The van der Waals surface area contributed by atoms with Gasteiger partial charge in [0.2, 0.25) is 0 Å². The van der Waals surface area contributed by atoms with E-state index in [2.05, 4.69) is 28.3 Å². The number of nitrogens with zero attached hydrogens (tertiary/aromatic N) is 4. The van der Waals surface area contributed by atoms with E-state index in [0.717, 1.165) is 46.0 Å². The number of amides is 1. The molecule has 7 heteroatoms. The van der Waals surface area contributed by atoms with Crippen LogP contribution in [0.2, 0.25) is 0 Å². The smallest absolute Gasteiger partial charge is 0.261 e. The molecule has 1 amide bonds. The molecule has 0 spiro atoms. The molecule has 1 aliphatic heterocycles. The van der Waals surface area contributed by atoms with E-state index in [-0.39, 0.29) is 5.91 Å². The molecule has 0 saturated carbocycles. The molecule has 0 aromatic carbocycles. The molecule has 0 unspecified atom stereocenters. The maximum Gasteiger partial charge on any atom is 0.261 e. The molecule has 1 atom stereocenters. The van der Waals surface area contributed by atoms with Gasteiger partial charge in [0, 0.05) is 35.5 Å². The molecule has 0 bridgehead atoms. The lowest BCUT2D eigenvalue weighted by Gasteiger charge is -2.08. The van der Waals surface area contributed by atoms with Crippen molar-refractivity contribution in [3.63, 3.8) is 0 Å². The van der Waals surface area contributed by atoms with Crippen molar-refractivity contribution in [3.05, 3.63) is 45.9 Å². The number of carbonyl (C=O) groups excluding carboxylic acids is 1. The van der Waals surface area contributed by atoms with Crippen molar-refractivity contribution < 1.29 is 4.79 Å². The van der Waals surface area contributed by atoms with Gasteiger partial charge in [-0.1, -0.05) is 0 Å². The van der Waals surface area contributed by atoms with Crippen LogP contribution in [0, 0.1) is 6.92 Å². The SMILES string of the molecule is Cc1ccc(C(=O)NCCn2nc([C@H]3CCN(C)C3)c3cccnc32)s1. The van der Waals surface area contributed by atoms with Gasteiger partial charge < -0.3 is 10.2 Å². The predicted molar refractivity (Wildman–Crippen MR) is 104 cm³/mol. The second kappa shape index (κ2) is 7.17. The fraction of sp³-hybridized carbons (Fsp3) is 0.421. The van der Waals surface area contributed by atoms with Crippen LogP contribution in [-0.4, -0.2) is 52.3 Å². The fourth-order valence-corrected chi connectivity index (χ4v) is 4.35. The topological polar surface area (TPSA) is 63.1 Å². The van der Waals surface area contributed by atoms with Crippen molar-refractivity contribution in [3.8, 4) is 0 Å². The van der Waals surface area contributed by atoms with Crippen LogP contribution in [0.4, 0.5) is 0 Å². The second-order valence-corrected chi connectivity index (χ2v) is 8.18. The van der Waals surface area contributed by atoms with E-state index in [1.807, 2.05) is 29.8 Å². The van der Waals surface area contributed by atoms with Crippen molar-refractivity contribution in [1.82, 2.24) is 25.0 Å². The quantitative estimate of drug-likeness (QED) is 0.751. The number of hydrogen-bond acceptors (Lipinski definition) is 5. The lowest BCUT2D eigenvalue weighted by atomic mass is 10.0.